The Bertz CT molecular complexity index is 633. The highest BCUT2D eigenvalue weighted by Gasteiger charge is 2.18. The molecule has 0 aliphatic carbocycles. The number of rotatable bonds is 2. The first-order valence-electron chi connectivity index (χ1n) is 4.48. The van der Waals surface area contributed by atoms with Gasteiger partial charge in [-0.05, 0) is 40.8 Å². The fourth-order valence-electron chi connectivity index (χ4n) is 1.32. The van der Waals surface area contributed by atoms with E-state index in [0.29, 0.717) is 11.0 Å². The molecule has 1 aromatic carbocycles. The van der Waals surface area contributed by atoms with Crippen molar-refractivity contribution in [3.05, 3.63) is 28.1 Å². The smallest absolute Gasteiger partial charge is 0.236 e. The summed E-state index contributed by atoms with van der Waals surface area (Å²) in [5, 5.41) is 0. The molecule has 0 bridgehead atoms. The zero-order valence-corrected chi connectivity index (χ0v) is 11.7. The van der Waals surface area contributed by atoms with Crippen molar-refractivity contribution in [1.29, 1.82) is 0 Å². The van der Waals surface area contributed by atoms with Crippen molar-refractivity contribution in [3.8, 4) is 0 Å². The lowest BCUT2D eigenvalue weighted by Crippen LogP contribution is -2.28. The number of hydrogen-bond acceptors (Lipinski definition) is 3. The van der Waals surface area contributed by atoms with Crippen LogP contribution in [0.1, 0.15) is 0 Å². The van der Waals surface area contributed by atoms with Crippen molar-refractivity contribution in [3.63, 3.8) is 0 Å². The number of aromatic nitrogens is 2. The molecule has 0 aliphatic heterocycles. The number of benzene rings is 1. The minimum absolute atomic E-state index is 0.598. The standard InChI is InChI=1S/C9H10IN3O2S/c1-12(2)16(14,15)13-6-11-8-4-3-7(10)5-9(8)13/h3-6H,1-2H3. The van der Waals surface area contributed by atoms with Crippen LogP contribution in [-0.4, -0.2) is 35.8 Å². The minimum atomic E-state index is -3.49. The molecule has 0 fully saturated rings. The SMILES string of the molecule is CN(C)S(=O)(=O)n1cnc2ccc(I)cc21. The summed E-state index contributed by atoms with van der Waals surface area (Å²) in [6.45, 7) is 0. The van der Waals surface area contributed by atoms with Gasteiger partial charge in [-0.2, -0.15) is 12.7 Å². The maximum Gasteiger partial charge on any atom is 0.308 e. The Labute approximate surface area is 107 Å². The van der Waals surface area contributed by atoms with Crippen LogP contribution < -0.4 is 0 Å². The Morgan fingerprint density at radius 2 is 2.06 bits per heavy atom. The van der Waals surface area contributed by atoms with Gasteiger partial charge in [0.1, 0.15) is 6.33 Å². The van der Waals surface area contributed by atoms with Crippen molar-refractivity contribution < 1.29 is 8.42 Å². The van der Waals surface area contributed by atoms with Gasteiger partial charge in [-0.1, -0.05) is 0 Å². The number of hydrogen-bond donors (Lipinski definition) is 0. The van der Waals surface area contributed by atoms with Crippen LogP contribution >= 0.6 is 22.6 Å². The molecule has 1 aromatic heterocycles. The fourth-order valence-corrected chi connectivity index (χ4v) is 2.71. The van der Waals surface area contributed by atoms with Gasteiger partial charge in [-0.3, -0.25) is 0 Å². The first-order chi connectivity index (χ1) is 7.43. The lowest BCUT2D eigenvalue weighted by molar-refractivity contribution is 0.512. The molecule has 1 heterocycles. The van der Waals surface area contributed by atoms with Crippen LogP contribution in [0.3, 0.4) is 0 Å². The van der Waals surface area contributed by atoms with E-state index in [4.69, 9.17) is 0 Å². The largest absolute Gasteiger partial charge is 0.308 e. The third-order valence-corrected chi connectivity index (χ3v) is 4.57. The summed E-state index contributed by atoms with van der Waals surface area (Å²) >= 11 is 2.14. The molecule has 0 aliphatic rings. The van der Waals surface area contributed by atoms with E-state index in [1.54, 1.807) is 12.1 Å². The summed E-state index contributed by atoms with van der Waals surface area (Å²) in [7, 11) is -0.503. The van der Waals surface area contributed by atoms with Crippen molar-refractivity contribution in [1.82, 2.24) is 13.3 Å². The lowest BCUT2D eigenvalue weighted by Gasteiger charge is -2.12. The Morgan fingerprint density at radius 3 is 2.69 bits per heavy atom. The van der Waals surface area contributed by atoms with Gasteiger partial charge in [-0.15, -0.1) is 0 Å². The lowest BCUT2D eigenvalue weighted by atomic mass is 10.3. The molecule has 5 nitrogen and oxygen atoms in total. The van der Waals surface area contributed by atoms with Crippen LogP contribution in [0.5, 0.6) is 0 Å². The van der Waals surface area contributed by atoms with Crippen LogP contribution in [0.4, 0.5) is 0 Å². The van der Waals surface area contributed by atoms with Gasteiger partial charge in [0.15, 0.2) is 0 Å². The van der Waals surface area contributed by atoms with Crippen LogP contribution in [0.15, 0.2) is 24.5 Å². The normalized spacial score (nSPS) is 12.5. The van der Waals surface area contributed by atoms with Gasteiger partial charge >= 0.3 is 10.2 Å². The molecule has 0 amide bonds. The van der Waals surface area contributed by atoms with Gasteiger partial charge in [0.05, 0.1) is 11.0 Å². The highest BCUT2D eigenvalue weighted by molar-refractivity contribution is 14.1. The molecule has 0 radical (unpaired) electrons. The van der Waals surface area contributed by atoms with Crippen molar-refractivity contribution >= 4 is 43.8 Å². The second-order valence-corrected chi connectivity index (χ2v) is 6.73. The summed E-state index contributed by atoms with van der Waals surface area (Å²) in [6, 6.07) is 5.49. The Kier molecular flexibility index (Phi) is 2.93. The average Bonchev–Trinajstić information content (AvgIpc) is 2.60. The summed E-state index contributed by atoms with van der Waals surface area (Å²) in [5.74, 6) is 0. The molecule has 0 saturated heterocycles. The summed E-state index contributed by atoms with van der Waals surface area (Å²) < 4.78 is 27.2. The van der Waals surface area contributed by atoms with E-state index in [1.807, 2.05) is 6.07 Å². The third-order valence-electron chi connectivity index (χ3n) is 2.19. The van der Waals surface area contributed by atoms with Crippen LogP contribution in [0, 0.1) is 3.57 Å². The van der Waals surface area contributed by atoms with E-state index in [1.165, 1.54) is 24.4 Å². The highest BCUT2D eigenvalue weighted by Crippen LogP contribution is 2.18. The van der Waals surface area contributed by atoms with Gasteiger partial charge in [0.2, 0.25) is 0 Å². The van der Waals surface area contributed by atoms with Crippen LogP contribution in [-0.2, 0) is 10.2 Å². The summed E-state index contributed by atoms with van der Waals surface area (Å²) in [6.07, 6.45) is 1.33. The first kappa shape index (κ1) is 11.8. The van der Waals surface area contributed by atoms with E-state index in [9.17, 15) is 8.42 Å². The zero-order valence-electron chi connectivity index (χ0n) is 8.75. The van der Waals surface area contributed by atoms with Crippen molar-refractivity contribution in [2.75, 3.05) is 14.1 Å². The second-order valence-electron chi connectivity index (χ2n) is 3.46. The highest BCUT2D eigenvalue weighted by atomic mass is 127. The quantitative estimate of drug-likeness (QED) is 0.767. The third kappa shape index (κ3) is 1.82. The Balaban J connectivity index is 2.76. The van der Waals surface area contributed by atoms with E-state index in [2.05, 4.69) is 27.6 Å². The van der Waals surface area contributed by atoms with E-state index in [-0.39, 0.29) is 0 Å². The summed E-state index contributed by atoms with van der Waals surface area (Å²) in [5.41, 5.74) is 1.27. The van der Waals surface area contributed by atoms with Crippen molar-refractivity contribution in [2.24, 2.45) is 0 Å². The Morgan fingerprint density at radius 1 is 1.38 bits per heavy atom. The fraction of sp³-hybridized carbons (Fsp3) is 0.222. The number of fused-ring (bicyclic) bond motifs is 1. The maximum absolute atomic E-state index is 12.0. The number of nitrogens with zero attached hydrogens (tertiary/aromatic N) is 3. The van der Waals surface area contributed by atoms with Crippen molar-refractivity contribution in [2.45, 2.75) is 0 Å². The minimum Gasteiger partial charge on any atom is -0.236 e. The molecule has 2 aromatic rings. The van der Waals surface area contributed by atoms with Crippen LogP contribution in [0.2, 0.25) is 0 Å². The van der Waals surface area contributed by atoms with Gasteiger partial charge < -0.3 is 0 Å². The number of halogens is 1. The van der Waals surface area contributed by atoms with Gasteiger partial charge in [-0.25, -0.2) is 8.96 Å². The molecule has 0 atom stereocenters. The predicted octanol–water partition coefficient (Wildman–Crippen LogP) is 1.30. The molecular formula is C9H10IN3O2S. The Hall–Kier alpha value is -0.670. The van der Waals surface area contributed by atoms with Gasteiger partial charge in [0, 0.05) is 17.7 Å². The molecule has 16 heavy (non-hydrogen) atoms. The predicted molar refractivity (Wildman–Crippen MR) is 70.5 cm³/mol. The number of imidazole rings is 1. The molecule has 86 valence electrons. The molecule has 0 spiro atoms. The average molecular weight is 351 g/mol. The van der Waals surface area contributed by atoms with Crippen LogP contribution in [0.25, 0.3) is 11.0 Å². The maximum atomic E-state index is 12.0. The monoisotopic (exact) mass is 351 g/mol. The molecular weight excluding hydrogens is 341 g/mol. The van der Waals surface area contributed by atoms with Gasteiger partial charge in [0.25, 0.3) is 0 Å². The van der Waals surface area contributed by atoms with E-state index < -0.39 is 10.2 Å². The molecule has 0 saturated carbocycles. The zero-order chi connectivity index (χ0) is 11.9. The van der Waals surface area contributed by atoms with E-state index >= 15 is 0 Å². The first-order valence-corrected chi connectivity index (χ1v) is 6.96. The summed E-state index contributed by atoms with van der Waals surface area (Å²) in [4.78, 5) is 4.06. The molecule has 0 N–H and O–H groups in total. The van der Waals surface area contributed by atoms with E-state index in [0.717, 1.165) is 7.88 Å². The molecule has 7 heteroatoms. The topological polar surface area (TPSA) is 55.2 Å². The second kappa shape index (κ2) is 3.97. The molecule has 0 unspecified atom stereocenters. The molecule has 2 rings (SSSR count).